The van der Waals surface area contributed by atoms with Crippen molar-refractivity contribution in [2.75, 3.05) is 0 Å². The van der Waals surface area contributed by atoms with E-state index in [0.717, 1.165) is 11.1 Å². The van der Waals surface area contributed by atoms with E-state index in [0.29, 0.717) is 22.0 Å². The molecule has 0 saturated carbocycles. The highest BCUT2D eigenvalue weighted by Crippen LogP contribution is 2.34. The van der Waals surface area contributed by atoms with Crippen molar-refractivity contribution in [1.82, 2.24) is 15.4 Å². The Morgan fingerprint density at radius 3 is 2.54 bits per heavy atom. The summed E-state index contributed by atoms with van der Waals surface area (Å²) in [6, 6.07) is 16.6. The van der Waals surface area contributed by atoms with E-state index in [2.05, 4.69) is 9.97 Å². The zero-order valence-electron chi connectivity index (χ0n) is 12.5. The summed E-state index contributed by atoms with van der Waals surface area (Å²) in [5.41, 5.74) is 4.23. The van der Waals surface area contributed by atoms with Gasteiger partial charge in [-0.15, -0.1) is 0 Å². The molecule has 6 heteroatoms. The van der Waals surface area contributed by atoms with E-state index in [1.165, 1.54) is 0 Å². The first kappa shape index (κ1) is 14.3. The fraction of sp³-hybridized carbons (Fsp3) is 0. The molecule has 0 atom stereocenters. The molecule has 1 amide bonds. The number of nitrogens with zero attached hydrogens (tertiary/aromatic N) is 1. The van der Waals surface area contributed by atoms with Crippen LogP contribution in [0.4, 0.5) is 4.39 Å². The van der Waals surface area contributed by atoms with Gasteiger partial charge in [0.05, 0.1) is 11.2 Å². The number of hydrogen-bond acceptors (Lipinski definition) is 3. The Balaban J connectivity index is 2.18. The minimum absolute atomic E-state index is 0.325. The Morgan fingerprint density at radius 1 is 1.08 bits per heavy atom. The van der Waals surface area contributed by atoms with Gasteiger partial charge in [0.15, 0.2) is 11.5 Å². The van der Waals surface area contributed by atoms with Crippen LogP contribution < -0.4 is 11.3 Å². The van der Waals surface area contributed by atoms with Crippen LogP contribution in [0.2, 0.25) is 0 Å². The van der Waals surface area contributed by atoms with Crippen LogP contribution in [0.25, 0.3) is 33.1 Å². The smallest absolute Gasteiger partial charge is 0.286 e. The lowest BCUT2D eigenvalue weighted by Gasteiger charge is -2.08. The summed E-state index contributed by atoms with van der Waals surface area (Å²) in [5, 5.41) is 1.02. The van der Waals surface area contributed by atoms with Crippen molar-refractivity contribution >= 4 is 27.7 Å². The van der Waals surface area contributed by atoms with Gasteiger partial charge < -0.3 is 4.98 Å². The number of nitrogens with one attached hydrogen (secondary N) is 2. The predicted molar refractivity (Wildman–Crippen MR) is 90.6 cm³/mol. The Morgan fingerprint density at radius 2 is 1.79 bits per heavy atom. The van der Waals surface area contributed by atoms with Gasteiger partial charge in [0.1, 0.15) is 0 Å². The van der Waals surface area contributed by atoms with Crippen LogP contribution in [-0.2, 0) is 0 Å². The van der Waals surface area contributed by atoms with Crippen LogP contribution in [0.1, 0.15) is 10.5 Å². The standard InChI is InChI=1S/C18H13FN4O/c19-14-13-11-8-4-5-9-12(11)21-16(13)15(10-6-2-1-3-7-10)22-17(14)18(24)23-20/h1-9,21H,20H2,(H,23,24). The van der Waals surface area contributed by atoms with Gasteiger partial charge >= 0.3 is 0 Å². The summed E-state index contributed by atoms with van der Waals surface area (Å²) >= 11 is 0. The molecule has 0 unspecified atom stereocenters. The number of aromatic amines is 1. The molecule has 0 bridgehead atoms. The number of aromatic nitrogens is 2. The number of fused-ring (bicyclic) bond motifs is 3. The number of carbonyl (C=O) groups is 1. The van der Waals surface area contributed by atoms with Gasteiger partial charge in [-0.1, -0.05) is 48.5 Å². The zero-order valence-corrected chi connectivity index (χ0v) is 12.5. The summed E-state index contributed by atoms with van der Waals surface area (Å²) in [7, 11) is 0. The maximum Gasteiger partial charge on any atom is 0.286 e. The molecule has 118 valence electrons. The third kappa shape index (κ3) is 2.04. The van der Waals surface area contributed by atoms with Crippen molar-refractivity contribution in [1.29, 1.82) is 0 Å². The van der Waals surface area contributed by atoms with Gasteiger partial charge in [0.25, 0.3) is 5.91 Å². The number of halogens is 1. The number of nitrogen functional groups attached to an aromatic ring is 1. The van der Waals surface area contributed by atoms with Crippen LogP contribution in [0.3, 0.4) is 0 Å². The molecule has 0 aliphatic carbocycles. The molecule has 0 fully saturated rings. The fourth-order valence-corrected chi connectivity index (χ4v) is 2.91. The molecule has 24 heavy (non-hydrogen) atoms. The number of H-pyrrole nitrogens is 1. The molecule has 4 aromatic rings. The van der Waals surface area contributed by atoms with Gasteiger partial charge in [-0.3, -0.25) is 10.2 Å². The highest BCUT2D eigenvalue weighted by atomic mass is 19.1. The monoisotopic (exact) mass is 320 g/mol. The number of nitrogens with two attached hydrogens (primary N) is 1. The van der Waals surface area contributed by atoms with Crippen molar-refractivity contribution < 1.29 is 9.18 Å². The fourth-order valence-electron chi connectivity index (χ4n) is 2.91. The number of carbonyl (C=O) groups excluding carboxylic acids is 1. The largest absolute Gasteiger partial charge is 0.353 e. The van der Waals surface area contributed by atoms with E-state index in [-0.39, 0.29) is 5.69 Å². The second-order valence-corrected chi connectivity index (χ2v) is 5.38. The summed E-state index contributed by atoms with van der Waals surface area (Å²) in [6.45, 7) is 0. The molecule has 4 N–H and O–H groups in total. The Labute approximate surface area is 136 Å². The number of benzene rings is 2. The first-order valence-corrected chi connectivity index (χ1v) is 7.37. The quantitative estimate of drug-likeness (QED) is 0.301. The van der Waals surface area contributed by atoms with E-state index in [1.54, 1.807) is 6.07 Å². The molecular formula is C18H13FN4O. The topological polar surface area (TPSA) is 83.8 Å². The maximum absolute atomic E-state index is 15.0. The molecule has 2 aromatic carbocycles. The lowest BCUT2D eigenvalue weighted by atomic mass is 10.1. The summed E-state index contributed by atoms with van der Waals surface area (Å²) in [5.74, 6) is 3.72. The number of rotatable bonds is 2. The van der Waals surface area contributed by atoms with Crippen LogP contribution >= 0.6 is 0 Å². The lowest BCUT2D eigenvalue weighted by molar-refractivity contribution is 0.0944. The summed E-state index contributed by atoms with van der Waals surface area (Å²) in [6.07, 6.45) is 0. The van der Waals surface area contributed by atoms with Crippen molar-refractivity contribution in [3.8, 4) is 11.3 Å². The van der Waals surface area contributed by atoms with Crippen molar-refractivity contribution in [2.45, 2.75) is 0 Å². The number of pyridine rings is 1. The van der Waals surface area contributed by atoms with Gasteiger partial charge in [-0.2, -0.15) is 0 Å². The predicted octanol–water partition coefficient (Wildman–Crippen LogP) is 3.13. The number of para-hydroxylation sites is 1. The molecule has 0 saturated heterocycles. The second-order valence-electron chi connectivity index (χ2n) is 5.38. The molecule has 0 spiro atoms. The Kier molecular flexibility index (Phi) is 3.25. The average Bonchev–Trinajstić information content (AvgIpc) is 3.02. The Hall–Kier alpha value is -3.25. The van der Waals surface area contributed by atoms with Crippen LogP contribution in [0.15, 0.2) is 54.6 Å². The van der Waals surface area contributed by atoms with Gasteiger partial charge in [-0.25, -0.2) is 15.2 Å². The van der Waals surface area contributed by atoms with Crippen LogP contribution in [0, 0.1) is 5.82 Å². The molecule has 2 heterocycles. The van der Waals surface area contributed by atoms with Crippen molar-refractivity contribution in [3.63, 3.8) is 0 Å². The normalized spacial score (nSPS) is 11.1. The van der Waals surface area contributed by atoms with Crippen molar-refractivity contribution in [3.05, 3.63) is 66.1 Å². The average molecular weight is 320 g/mol. The minimum atomic E-state index is -0.767. The zero-order chi connectivity index (χ0) is 16.7. The van der Waals surface area contributed by atoms with E-state index in [9.17, 15) is 9.18 Å². The lowest BCUT2D eigenvalue weighted by Crippen LogP contribution is -2.31. The Bertz CT molecular complexity index is 1070. The number of hydrogen-bond donors (Lipinski definition) is 3. The highest BCUT2D eigenvalue weighted by molar-refractivity contribution is 6.13. The minimum Gasteiger partial charge on any atom is -0.353 e. The molecule has 0 radical (unpaired) electrons. The maximum atomic E-state index is 15.0. The first-order valence-electron chi connectivity index (χ1n) is 7.37. The summed E-state index contributed by atoms with van der Waals surface area (Å²) in [4.78, 5) is 19.4. The molecular weight excluding hydrogens is 307 g/mol. The third-order valence-corrected chi connectivity index (χ3v) is 3.99. The number of amides is 1. The first-order chi connectivity index (χ1) is 11.7. The van der Waals surface area contributed by atoms with Gasteiger partial charge in [0, 0.05) is 21.9 Å². The molecule has 0 aliphatic rings. The highest BCUT2D eigenvalue weighted by Gasteiger charge is 2.22. The van der Waals surface area contributed by atoms with Crippen LogP contribution in [0.5, 0.6) is 0 Å². The SMILES string of the molecule is NNC(=O)c1nc(-c2ccccc2)c2[nH]c3ccccc3c2c1F. The number of hydrazine groups is 1. The van der Waals surface area contributed by atoms with Gasteiger partial charge in [-0.05, 0) is 6.07 Å². The van der Waals surface area contributed by atoms with Gasteiger partial charge in [0.2, 0.25) is 0 Å². The molecule has 0 aliphatic heterocycles. The van der Waals surface area contributed by atoms with Crippen molar-refractivity contribution in [2.24, 2.45) is 5.84 Å². The van der Waals surface area contributed by atoms with E-state index < -0.39 is 11.7 Å². The van der Waals surface area contributed by atoms with E-state index in [1.807, 2.05) is 54.0 Å². The molecule has 4 rings (SSSR count). The molecule has 2 aromatic heterocycles. The third-order valence-electron chi connectivity index (χ3n) is 3.99. The van der Waals surface area contributed by atoms with E-state index in [4.69, 9.17) is 5.84 Å². The molecule has 5 nitrogen and oxygen atoms in total. The second kappa shape index (κ2) is 5.43. The van der Waals surface area contributed by atoms with Crippen LogP contribution in [-0.4, -0.2) is 15.9 Å². The summed E-state index contributed by atoms with van der Waals surface area (Å²) < 4.78 is 15.0. The van der Waals surface area contributed by atoms with E-state index >= 15 is 0 Å².